The van der Waals surface area contributed by atoms with Gasteiger partial charge in [0.2, 0.25) is 0 Å². The molecule has 0 aromatic heterocycles. The summed E-state index contributed by atoms with van der Waals surface area (Å²) in [4.78, 5) is 10.8. The minimum Gasteiger partial charge on any atom is -0.545 e. The lowest BCUT2D eigenvalue weighted by atomic mass is 10.2. The van der Waals surface area contributed by atoms with Crippen molar-refractivity contribution >= 4 is 29.0 Å². The molecule has 0 saturated heterocycles. The molecule has 4 nitrogen and oxygen atoms in total. The van der Waals surface area contributed by atoms with E-state index in [-0.39, 0.29) is 10.6 Å². The van der Waals surface area contributed by atoms with Crippen LogP contribution in [0.2, 0.25) is 5.02 Å². The number of carboxylic acids is 1. The first kappa shape index (κ1) is 11.9. The maximum absolute atomic E-state index is 10.8. The Bertz CT molecular complexity index is 464. The SMILES string of the molecule is O=C([O-])c1cc(NN=C2CCCC2)ccc1Cl. The molecular formula is C12H12ClN2O2-. The van der Waals surface area contributed by atoms with Crippen molar-refractivity contribution < 1.29 is 9.90 Å². The first-order valence-corrected chi connectivity index (χ1v) is 5.87. The molecule has 0 unspecified atom stereocenters. The molecule has 0 radical (unpaired) electrons. The normalized spacial score (nSPS) is 14.8. The van der Waals surface area contributed by atoms with Crippen LogP contribution in [0, 0.1) is 0 Å². The fourth-order valence-electron chi connectivity index (χ4n) is 1.79. The molecule has 0 spiro atoms. The van der Waals surface area contributed by atoms with Crippen molar-refractivity contribution in [3.05, 3.63) is 28.8 Å². The minimum atomic E-state index is -1.29. The summed E-state index contributed by atoms with van der Waals surface area (Å²) in [5.74, 6) is -1.29. The van der Waals surface area contributed by atoms with E-state index >= 15 is 0 Å². The number of anilines is 1. The van der Waals surface area contributed by atoms with E-state index in [1.807, 2.05) is 0 Å². The fraction of sp³-hybridized carbons (Fsp3) is 0.333. The molecular weight excluding hydrogens is 240 g/mol. The Balaban J connectivity index is 2.13. The summed E-state index contributed by atoms with van der Waals surface area (Å²) in [5, 5.41) is 15.2. The fourth-order valence-corrected chi connectivity index (χ4v) is 1.98. The highest BCUT2D eigenvalue weighted by atomic mass is 35.5. The van der Waals surface area contributed by atoms with Crippen molar-refractivity contribution in [1.82, 2.24) is 0 Å². The highest BCUT2D eigenvalue weighted by molar-refractivity contribution is 6.33. The van der Waals surface area contributed by atoms with E-state index in [0.717, 1.165) is 18.6 Å². The van der Waals surface area contributed by atoms with E-state index in [0.29, 0.717) is 5.69 Å². The summed E-state index contributed by atoms with van der Waals surface area (Å²) in [7, 11) is 0. The predicted octanol–water partition coefficient (Wildman–Crippen LogP) is 2.05. The van der Waals surface area contributed by atoms with Gasteiger partial charge in [-0.2, -0.15) is 5.10 Å². The van der Waals surface area contributed by atoms with Crippen LogP contribution < -0.4 is 10.5 Å². The van der Waals surface area contributed by atoms with Crippen LogP contribution in [-0.4, -0.2) is 11.7 Å². The topological polar surface area (TPSA) is 64.5 Å². The summed E-state index contributed by atoms with van der Waals surface area (Å²) in [5.41, 5.74) is 4.55. The molecule has 1 aromatic carbocycles. The molecule has 0 amide bonds. The lowest BCUT2D eigenvalue weighted by Gasteiger charge is -2.08. The van der Waals surface area contributed by atoms with E-state index in [4.69, 9.17) is 11.6 Å². The Labute approximate surface area is 104 Å². The van der Waals surface area contributed by atoms with Crippen molar-refractivity contribution in [3.63, 3.8) is 0 Å². The zero-order chi connectivity index (χ0) is 12.3. The van der Waals surface area contributed by atoms with Gasteiger partial charge in [0.1, 0.15) is 0 Å². The van der Waals surface area contributed by atoms with E-state index < -0.39 is 5.97 Å². The second-order valence-corrected chi connectivity index (χ2v) is 4.39. The van der Waals surface area contributed by atoms with Crippen LogP contribution in [0.15, 0.2) is 23.3 Å². The molecule has 1 saturated carbocycles. The van der Waals surface area contributed by atoms with Crippen LogP contribution in [0.25, 0.3) is 0 Å². The Morgan fingerprint density at radius 1 is 1.35 bits per heavy atom. The number of carbonyl (C=O) groups is 1. The van der Waals surface area contributed by atoms with Gasteiger partial charge >= 0.3 is 0 Å². The zero-order valence-corrected chi connectivity index (χ0v) is 9.96. The molecule has 1 aliphatic rings. The van der Waals surface area contributed by atoms with Crippen molar-refractivity contribution in [1.29, 1.82) is 0 Å². The number of nitrogens with one attached hydrogen (secondary N) is 1. The third kappa shape index (κ3) is 2.97. The molecule has 0 bridgehead atoms. The molecule has 1 aliphatic carbocycles. The number of benzene rings is 1. The number of carboxylic acid groups (broad SMARTS) is 1. The van der Waals surface area contributed by atoms with Crippen LogP contribution in [0.3, 0.4) is 0 Å². The summed E-state index contributed by atoms with van der Waals surface area (Å²) < 4.78 is 0. The number of aromatic carboxylic acids is 1. The van der Waals surface area contributed by atoms with E-state index in [2.05, 4.69) is 10.5 Å². The van der Waals surface area contributed by atoms with Crippen LogP contribution in [0.1, 0.15) is 36.0 Å². The average Bonchev–Trinajstić information content (AvgIpc) is 2.80. The van der Waals surface area contributed by atoms with Crippen LogP contribution in [0.5, 0.6) is 0 Å². The van der Waals surface area contributed by atoms with Gasteiger partial charge in [-0.15, -0.1) is 0 Å². The molecule has 0 heterocycles. The number of carbonyl (C=O) groups excluding carboxylic acids is 1. The molecule has 17 heavy (non-hydrogen) atoms. The van der Waals surface area contributed by atoms with Gasteiger partial charge in [-0.1, -0.05) is 11.6 Å². The van der Waals surface area contributed by atoms with Gasteiger partial charge in [-0.3, -0.25) is 5.43 Å². The number of rotatable bonds is 3. The highest BCUT2D eigenvalue weighted by Gasteiger charge is 2.08. The second kappa shape index (κ2) is 5.19. The number of halogens is 1. The maximum atomic E-state index is 10.8. The highest BCUT2D eigenvalue weighted by Crippen LogP contribution is 2.21. The van der Waals surface area contributed by atoms with E-state index in [1.165, 1.54) is 25.0 Å². The molecule has 1 aromatic rings. The van der Waals surface area contributed by atoms with Crippen molar-refractivity contribution in [2.45, 2.75) is 25.7 Å². The molecule has 0 aliphatic heterocycles. The number of nitrogens with zero attached hydrogens (tertiary/aromatic N) is 1. The third-order valence-electron chi connectivity index (χ3n) is 2.71. The van der Waals surface area contributed by atoms with Crippen molar-refractivity contribution in [2.75, 3.05) is 5.43 Å². The minimum absolute atomic E-state index is 0.0247. The van der Waals surface area contributed by atoms with Gasteiger partial charge in [0.15, 0.2) is 0 Å². The standard InChI is InChI=1S/C12H13ClN2O2/c13-11-6-5-9(7-10(11)12(16)17)15-14-8-3-1-2-4-8/h5-7,15H,1-4H2,(H,16,17)/p-1. The molecule has 5 heteroatoms. The molecule has 2 rings (SSSR count). The summed E-state index contributed by atoms with van der Waals surface area (Å²) in [6.45, 7) is 0. The second-order valence-electron chi connectivity index (χ2n) is 3.98. The van der Waals surface area contributed by atoms with Crippen molar-refractivity contribution in [3.8, 4) is 0 Å². The number of hydrogen-bond donors (Lipinski definition) is 1. The smallest absolute Gasteiger partial charge is 0.0731 e. The summed E-state index contributed by atoms with van der Waals surface area (Å²) in [6.07, 6.45) is 4.36. The van der Waals surface area contributed by atoms with Crippen LogP contribution >= 0.6 is 11.6 Å². The van der Waals surface area contributed by atoms with Crippen LogP contribution in [0.4, 0.5) is 5.69 Å². The Morgan fingerprint density at radius 3 is 2.71 bits per heavy atom. The lowest BCUT2D eigenvalue weighted by molar-refractivity contribution is -0.255. The molecule has 1 fully saturated rings. The maximum Gasteiger partial charge on any atom is 0.0731 e. The molecule has 90 valence electrons. The average molecular weight is 252 g/mol. The third-order valence-corrected chi connectivity index (χ3v) is 3.04. The largest absolute Gasteiger partial charge is 0.545 e. The van der Waals surface area contributed by atoms with Crippen molar-refractivity contribution in [2.24, 2.45) is 5.10 Å². The first-order chi connectivity index (χ1) is 8.16. The Hall–Kier alpha value is -1.55. The molecule has 0 atom stereocenters. The van der Waals surface area contributed by atoms with Gasteiger partial charge in [-0.25, -0.2) is 0 Å². The van der Waals surface area contributed by atoms with E-state index in [9.17, 15) is 9.90 Å². The first-order valence-electron chi connectivity index (χ1n) is 5.49. The Morgan fingerprint density at radius 2 is 2.06 bits per heavy atom. The monoisotopic (exact) mass is 251 g/mol. The number of hydrogen-bond acceptors (Lipinski definition) is 4. The van der Waals surface area contributed by atoms with Gasteiger partial charge in [0.05, 0.1) is 11.7 Å². The van der Waals surface area contributed by atoms with Gasteiger partial charge in [-0.05, 0) is 43.9 Å². The van der Waals surface area contributed by atoms with Gasteiger partial charge < -0.3 is 9.90 Å². The van der Waals surface area contributed by atoms with E-state index in [1.54, 1.807) is 6.07 Å². The van der Waals surface area contributed by atoms with Crippen LogP contribution in [-0.2, 0) is 0 Å². The quantitative estimate of drug-likeness (QED) is 0.836. The summed E-state index contributed by atoms with van der Waals surface area (Å²) >= 11 is 5.73. The van der Waals surface area contributed by atoms with Gasteiger partial charge in [0.25, 0.3) is 0 Å². The lowest BCUT2D eigenvalue weighted by Crippen LogP contribution is -2.22. The number of hydrazone groups is 1. The Kier molecular flexibility index (Phi) is 3.64. The predicted molar refractivity (Wildman–Crippen MR) is 65.3 cm³/mol. The zero-order valence-electron chi connectivity index (χ0n) is 9.20. The molecule has 1 N–H and O–H groups in total. The van der Waals surface area contributed by atoms with Gasteiger partial charge in [0, 0.05) is 16.3 Å². The summed E-state index contributed by atoms with van der Waals surface area (Å²) in [6, 6.07) is 4.63.